The average molecular weight is 763 g/mol. The number of hydrogen-bond donors (Lipinski definition) is 3. The van der Waals surface area contributed by atoms with Crippen molar-refractivity contribution < 1.29 is 77.2 Å². The Morgan fingerprint density at radius 2 is 1.15 bits per heavy atom. The number of aliphatic hydroxyl groups is 3. The van der Waals surface area contributed by atoms with Crippen molar-refractivity contribution in [2.45, 2.75) is 156 Å². The third-order valence-corrected chi connectivity index (χ3v) is 8.52. The van der Waals surface area contributed by atoms with E-state index in [4.69, 9.17) is 37.9 Å². The van der Waals surface area contributed by atoms with Crippen LogP contribution in [0.5, 0.6) is 0 Å². The second-order valence-corrected chi connectivity index (χ2v) is 15.6. The predicted molar refractivity (Wildman–Crippen MR) is 185 cm³/mol. The van der Waals surface area contributed by atoms with Crippen molar-refractivity contribution in [3.05, 3.63) is 0 Å². The van der Waals surface area contributed by atoms with Crippen molar-refractivity contribution in [3.63, 3.8) is 0 Å². The molecule has 2 saturated heterocycles. The molecule has 0 bridgehead atoms. The average Bonchev–Trinajstić information content (AvgIpc) is 3.31. The molecule has 53 heavy (non-hydrogen) atoms. The molecule has 2 fully saturated rings. The summed E-state index contributed by atoms with van der Waals surface area (Å²) in [6, 6.07) is 0. The molecule has 0 aromatic heterocycles. The summed E-state index contributed by atoms with van der Waals surface area (Å²) in [5, 5.41) is 31.9. The van der Waals surface area contributed by atoms with Crippen LogP contribution in [0.1, 0.15) is 101 Å². The van der Waals surface area contributed by atoms with Crippen molar-refractivity contribution >= 4 is 29.8 Å². The van der Waals surface area contributed by atoms with Gasteiger partial charge in [-0.25, -0.2) is 0 Å². The van der Waals surface area contributed by atoms with Crippen LogP contribution in [0.25, 0.3) is 0 Å². The Labute approximate surface area is 312 Å². The van der Waals surface area contributed by atoms with E-state index in [9.17, 15) is 39.3 Å². The highest BCUT2D eigenvalue weighted by atomic mass is 16.8. The number of esters is 5. The number of aliphatic hydroxyl groups excluding tert-OH is 3. The second kappa shape index (κ2) is 21.3. The van der Waals surface area contributed by atoms with Crippen molar-refractivity contribution in [2.24, 2.45) is 29.6 Å². The summed E-state index contributed by atoms with van der Waals surface area (Å²) in [5.74, 6) is -7.14. The summed E-state index contributed by atoms with van der Waals surface area (Å²) in [4.78, 5) is 65.4. The molecule has 10 atom stereocenters. The van der Waals surface area contributed by atoms with E-state index in [1.807, 2.05) is 13.8 Å². The van der Waals surface area contributed by atoms with Gasteiger partial charge in [-0.1, -0.05) is 69.2 Å². The van der Waals surface area contributed by atoms with Crippen LogP contribution in [-0.2, 0) is 61.9 Å². The summed E-state index contributed by atoms with van der Waals surface area (Å²) in [6.45, 7) is 15.5. The van der Waals surface area contributed by atoms with Crippen LogP contribution in [0.15, 0.2) is 0 Å². The molecule has 2 rings (SSSR count). The van der Waals surface area contributed by atoms with E-state index in [1.54, 1.807) is 55.4 Å². The molecule has 0 aromatic carbocycles. The van der Waals surface area contributed by atoms with Gasteiger partial charge in [-0.15, -0.1) is 0 Å². The molecule has 3 N–H and O–H groups in total. The molecule has 16 heteroatoms. The molecule has 0 amide bonds. The lowest BCUT2D eigenvalue weighted by molar-refractivity contribution is -0.384. The Balaban J connectivity index is 2.79. The van der Waals surface area contributed by atoms with Gasteiger partial charge in [0.1, 0.15) is 37.6 Å². The molecule has 2 heterocycles. The Hall–Kier alpha value is -2.89. The van der Waals surface area contributed by atoms with Crippen LogP contribution in [0.4, 0.5) is 0 Å². The minimum absolute atomic E-state index is 0.0492. The van der Waals surface area contributed by atoms with E-state index in [0.717, 1.165) is 0 Å². The van der Waals surface area contributed by atoms with Crippen molar-refractivity contribution in [1.29, 1.82) is 0 Å². The zero-order valence-electron chi connectivity index (χ0n) is 32.8. The van der Waals surface area contributed by atoms with Gasteiger partial charge in [-0.2, -0.15) is 0 Å². The van der Waals surface area contributed by atoms with Gasteiger partial charge >= 0.3 is 29.8 Å². The quantitative estimate of drug-likeness (QED) is 0.120. The lowest BCUT2D eigenvalue weighted by Crippen LogP contribution is -2.64. The molecule has 2 aliphatic rings. The summed E-state index contributed by atoms with van der Waals surface area (Å²) in [6.07, 6.45) is -13.1. The highest BCUT2D eigenvalue weighted by Gasteiger charge is 2.64. The van der Waals surface area contributed by atoms with Crippen LogP contribution < -0.4 is 0 Å². The molecule has 2 aliphatic heterocycles. The smallest absolute Gasteiger partial charge is 0.308 e. The largest absolute Gasteiger partial charge is 0.463 e. The SMILES string of the molecule is CCC(C)C(=O)OC[C@@]1(O[C@H]2O[C@H](CO)[C@@H](O)[C@H](O)[C@H]2OC(=O)CC(C)C)O[C@H](COC(=O)CC(C)C)[C@@H](OC(=O)CC(C)C)[C@@H]1OC(=O)CC(C)C. The van der Waals surface area contributed by atoms with Gasteiger partial charge in [-0.3, -0.25) is 24.0 Å². The maximum atomic E-state index is 13.4. The van der Waals surface area contributed by atoms with E-state index in [0.29, 0.717) is 6.42 Å². The van der Waals surface area contributed by atoms with Crippen LogP contribution in [0.3, 0.4) is 0 Å². The maximum absolute atomic E-state index is 13.4. The minimum Gasteiger partial charge on any atom is -0.463 e. The lowest BCUT2D eigenvalue weighted by atomic mass is 9.98. The zero-order chi connectivity index (χ0) is 40.2. The van der Waals surface area contributed by atoms with Gasteiger partial charge in [0.05, 0.1) is 12.5 Å². The van der Waals surface area contributed by atoms with Gasteiger partial charge < -0.3 is 53.2 Å². The Kier molecular flexibility index (Phi) is 18.6. The van der Waals surface area contributed by atoms with E-state index in [1.165, 1.54) is 0 Å². The fraction of sp³-hybridized carbons (Fsp3) is 0.865. The first kappa shape index (κ1) is 46.3. The molecule has 0 radical (unpaired) electrons. The Morgan fingerprint density at radius 1 is 0.660 bits per heavy atom. The molecule has 16 nitrogen and oxygen atoms in total. The van der Waals surface area contributed by atoms with Gasteiger partial charge in [-0.05, 0) is 30.1 Å². The predicted octanol–water partition coefficient (Wildman–Crippen LogP) is 2.59. The molecular weight excluding hydrogens is 700 g/mol. The van der Waals surface area contributed by atoms with Crippen molar-refractivity contribution in [1.82, 2.24) is 0 Å². The fourth-order valence-corrected chi connectivity index (χ4v) is 5.61. The molecule has 0 aromatic rings. The van der Waals surface area contributed by atoms with Gasteiger partial charge in [0, 0.05) is 25.7 Å². The summed E-state index contributed by atoms with van der Waals surface area (Å²) < 4.78 is 47.3. The summed E-state index contributed by atoms with van der Waals surface area (Å²) in [5.41, 5.74) is 0. The highest BCUT2D eigenvalue weighted by molar-refractivity contribution is 5.73. The molecule has 0 saturated carbocycles. The number of rotatable bonds is 20. The first-order valence-corrected chi connectivity index (χ1v) is 18.6. The number of hydrogen-bond acceptors (Lipinski definition) is 16. The molecule has 306 valence electrons. The van der Waals surface area contributed by atoms with Crippen molar-refractivity contribution in [3.8, 4) is 0 Å². The van der Waals surface area contributed by atoms with Crippen LogP contribution in [-0.4, -0.2) is 120 Å². The van der Waals surface area contributed by atoms with Gasteiger partial charge in [0.15, 0.2) is 18.3 Å². The third kappa shape index (κ3) is 14.0. The van der Waals surface area contributed by atoms with E-state index >= 15 is 0 Å². The summed E-state index contributed by atoms with van der Waals surface area (Å²) in [7, 11) is 0. The highest BCUT2D eigenvalue weighted by Crippen LogP contribution is 2.41. The Bertz CT molecular complexity index is 1200. The van der Waals surface area contributed by atoms with Gasteiger partial charge in [0.2, 0.25) is 12.1 Å². The van der Waals surface area contributed by atoms with Crippen LogP contribution in [0, 0.1) is 29.6 Å². The standard InChI is InChI=1S/C37H62O16/c1-11-23(10)35(45)47-18-37(53-36-33(50-28(41)14-21(6)7)31(44)30(43)24(16-38)48-36)34(51-29(42)15-22(8)9)32(49-27(40)13-20(4)5)25(52-37)17-46-26(39)12-19(2)3/h19-25,30-34,36,38,43-44H,11-18H2,1-10H3/t23?,24-,25-,30-,31+,32-,33-,34+,36-,37+/m1/s1. The number of ether oxygens (including phenoxy) is 8. The second-order valence-electron chi connectivity index (χ2n) is 15.6. The van der Waals surface area contributed by atoms with Crippen molar-refractivity contribution in [2.75, 3.05) is 19.8 Å². The van der Waals surface area contributed by atoms with Gasteiger partial charge in [0.25, 0.3) is 0 Å². The minimum atomic E-state index is -2.43. The number of carbonyl (C=O) groups is 5. The first-order chi connectivity index (χ1) is 24.7. The monoisotopic (exact) mass is 762 g/mol. The summed E-state index contributed by atoms with van der Waals surface area (Å²) >= 11 is 0. The third-order valence-electron chi connectivity index (χ3n) is 8.52. The molecule has 1 unspecified atom stereocenters. The maximum Gasteiger partial charge on any atom is 0.308 e. The fourth-order valence-electron chi connectivity index (χ4n) is 5.61. The normalized spacial score (nSPS) is 29.3. The van der Waals surface area contributed by atoms with E-state index < -0.39 is 110 Å². The van der Waals surface area contributed by atoms with Crippen LogP contribution >= 0.6 is 0 Å². The van der Waals surface area contributed by atoms with Crippen LogP contribution in [0.2, 0.25) is 0 Å². The lowest BCUT2D eigenvalue weighted by Gasteiger charge is -2.45. The molecule has 0 aliphatic carbocycles. The molecule has 0 spiro atoms. The van der Waals surface area contributed by atoms with E-state index in [-0.39, 0.29) is 49.4 Å². The zero-order valence-corrected chi connectivity index (χ0v) is 32.8. The molecular formula is C37H62O16. The number of carbonyl (C=O) groups excluding carboxylic acids is 5. The first-order valence-electron chi connectivity index (χ1n) is 18.6. The van der Waals surface area contributed by atoms with E-state index in [2.05, 4.69) is 0 Å². The Morgan fingerprint density at radius 3 is 1.64 bits per heavy atom. The topological polar surface area (TPSA) is 220 Å².